The number of anilines is 3. The molecular weight excluding hydrogens is 759 g/mol. The second kappa shape index (κ2) is 14.5. The third-order valence-electron chi connectivity index (χ3n) is 12.1. The number of nitrogens with zero attached hydrogens (tertiary/aromatic N) is 1. The minimum atomic E-state index is 0.906. The summed E-state index contributed by atoms with van der Waals surface area (Å²) in [6.07, 6.45) is 0. The van der Waals surface area contributed by atoms with E-state index in [9.17, 15) is 0 Å². The van der Waals surface area contributed by atoms with E-state index in [-0.39, 0.29) is 0 Å². The molecule has 0 unspecified atom stereocenters. The van der Waals surface area contributed by atoms with E-state index in [1.165, 1.54) is 64.3 Å². The number of thiophene rings is 1. The molecule has 2 nitrogen and oxygen atoms in total. The summed E-state index contributed by atoms with van der Waals surface area (Å²) in [5.74, 6) is 0. The SMILES string of the molecule is c1cc(-c2ccc(N(c3ccc(-c4cccc5c4oc4ccccc45)cc3)c3ccc(-c4cccc5c4sc4ccccc45)cc3)cc2)cc(-c2cccc3ccccc23)c1. The summed E-state index contributed by atoms with van der Waals surface area (Å²) in [7, 11) is 0. The highest BCUT2D eigenvalue weighted by molar-refractivity contribution is 7.26. The van der Waals surface area contributed by atoms with Crippen LogP contribution in [0.4, 0.5) is 17.1 Å². The molecule has 0 amide bonds. The highest BCUT2D eigenvalue weighted by atomic mass is 32.1. The first-order valence-corrected chi connectivity index (χ1v) is 21.6. The molecule has 0 aliphatic heterocycles. The third kappa shape index (κ3) is 6.09. The van der Waals surface area contributed by atoms with Crippen LogP contribution in [0.5, 0.6) is 0 Å². The Morgan fingerprint density at radius 1 is 0.328 bits per heavy atom. The molecule has 0 bridgehead atoms. The summed E-state index contributed by atoms with van der Waals surface area (Å²) in [5.41, 5.74) is 14.5. The van der Waals surface area contributed by atoms with Gasteiger partial charge >= 0.3 is 0 Å². The van der Waals surface area contributed by atoms with Gasteiger partial charge in [-0.2, -0.15) is 0 Å². The van der Waals surface area contributed by atoms with E-state index in [4.69, 9.17) is 4.42 Å². The van der Waals surface area contributed by atoms with Gasteiger partial charge in [0.25, 0.3) is 0 Å². The fourth-order valence-corrected chi connectivity index (χ4v) is 10.4. The van der Waals surface area contributed by atoms with Gasteiger partial charge in [-0.15, -0.1) is 11.3 Å². The Kier molecular flexibility index (Phi) is 8.39. The Morgan fingerprint density at radius 3 is 1.62 bits per heavy atom. The molecule has 61 heavy (non-hydrogen) atoms. The van der Waals surface area contributed by atoms with Crippen LogP contribution in [0.2, 0.25) is 0 Å². The molecule has 0 N–H and O–H groups in total. The molecule has 0 aliphatic rings. The Balaban J connectivity index is 0.933. The molecule has 0 aliphatic carbocycles. The molecule has 0 fully saturated rings. The number of benzene rings is 10. The number of hydrogen-bond acceptors (Lipinski definition) is 3. The smallest absolute Gasteiger partial charge is 0.143 e. The highest BCUT2D eigenvalue weighted by Crippen LogP contribution is 2.43. The molecule has 2 aromatic heterocycles. The van der Waals surface area contributed by atoms with E-state index in [0.29, 0.717) is 0 Å². The molecular formula is C58H37NOS. The van der Waals surface area contributed by atoms with Gasteiger partial charge in [-0.3, -0.25) is 0 Å². The lowest BCUT2D eigenvalue weighted by molar-refractivity contribution is 0.670. The monoisotopic (exact) mass is 795 g/mol. The van der Waals surface area contributed by atoms with Crippen LogP contribution in [-0.2, 0) is 0 Å². The van der Waals surface area contributed by atoms with Crippen molar-refractivity contribution in [2.24, 2.45) is 0 Å². The average Bonchev–Trinajstić information content (AvgIpc) is 3.91. The maximum atomic E-state index is 6.44. The Morgan fingerprint density at radius 2 is 0.852 bits per heavy atom. The van der Waals surface area contributed by atoms with E-state index in [0.717, 1.165) is 50.1 Å². The van der Waals surface area contributed by atoms with Crippen LogP contribution < -0.4 is 4.90 Å². The molecule has 0 spiro atoms. The van der Waals surface area contributed by atoms with Crippen LogP contribution in [0.15, 0.2) is 229 Å². The van der Waals surface area contributed by atoms with Crippen LogP contribution in [-0.4, -0.2) is 0 Å². The van der Waals surface area contributed by atoms with Crippen molar-refractivity contribution in [2.45, 2.75) is 0 Å². The van der Waals surface area contributed by atoms with Gasteiger partial charge in [0, 0.05) is 53.6 Å². The number of hydrogen-bond donors (Lipinski definition) is 0. The third-order valence-corrected chi connectivity index (χ3v) is 13.3. The van der Waals surface area contributed by atoms with E-state index >= 15 is 0 Å². The number of rotatable bonds is 7. The molecule has 2 heterocycles. The van der Waals surface area contributed by atoms with E-state index in [1.54, 1.807) is 0 Å². The second-order valence-corrected chi connectivity index (χ2v) is 16.7. The van der Waals surface area contributed by atoms with E-state index in [2.05, 4.69) is 217 Å². The average molecular weight is 796 g/mol. The first kappa shape index (κ1) is 35.2. The first-order chi connectivity index (χ1) is 30.2. The maximum absolute atomic E-state index is 6.44. The summed E-state index contributed by atoms with van der Waals surface area (Å²) >= 11 is 1.87. The summed E-state index contributed by atoms with van der Waals surface area (Å²) in [5, 5.41) is 7.41. The van der Waals surface area contributed by atoms with Crippen molar-refractivity contribution >= 4 is 81.3 Å². The summed E-state index contributed by atoms with van der Waals surface area (Å²) in [6, 6.07) is 81.1. The summed E-state index contributed by atoms with van der Waals surface area (Å²) in [6.45, 7) is 0. The van der Waals surface area contributed by atoms with Crippen LogP contribution in [0.1, 0.15) is 0 Å². The topological polar surface area (TPSA) is 16.4 Å². The molecule has 12 rings (SSSR count). The van der Waals surface area contributed by atoms with Gasteiger partial charge in [-0.1, -0.05) is 170 Å². The zero-order valence-corrected chi connectivity index (χ0v) is 33.9. The van der Waals surface area contributed by atoms with Crippen molar-refractivity contribution in [3.63, 3.8) is 0 Å². The second-order valence-electron chi connectivity index (χ2n) is 15.6. The van der Waals surface area contributed by atoms with Gasteiger partial charge in [0.2, 0.25) is 0 Å². The lowest BCUT2D eigenvalue weighted by Gasteiger charge is -2.26. The molecule has 286 valence electrons. The first-order valence-electron chi connectivity index (χ1n) is 20.7. The Bertz CT molecular complexity index is 3410. The van der Waals surface area contributed by atoms with E-state index in [1.807, 2.05) is 23.5 Å². The van der Waals surface area contributed by atoms with Crippen LogP contribution in [0, 0.1) is 0 Å². The van der Waals surface area contributed by atoms with E-state index < -0.39 is 0 Å². The summed E-state index contributed by atoms with van der Waals surface area (Å²) in [4.78, 5) is 2.35. The Hall–Kier alpha value is -7.72. The molecule has 3 heteroatoms. The normalized spacial score (nSPS) is 11.6. The van der Waals surface area contributed by atoms with Crippen molar-refractivity contribution < 1.29 is 4.42 Å². The predicted octanol–water partition coefficient (Wildman–Crippen LogP) is 17.2. The highest BCUT2D eigenvalue weighted by Gasteiger charge is 2.17. The standard InChI is InChI=1S/C58H37NOS/c1-2-15-47-39(11-1)12-8-18-48(47)43-14-7-13-42(37-43)38-25-31-44(32-26-38)59(45-33-27-40(28-34-45)49-19-9-21-53-51-16-3-5-23-55(51)60-57(49)53)46-35-29-41(30-36-46)50-20-10-22-54-52-17-4-6-24-56(52)61-58(50)54/h1-37H. The van der Waals surface area contributed by atoms with Crippen molar-refractivity contribution in [1.29, 1.82) is 0 Å². The van der Waals surface area contributed by atoms with Crippen molar-refractivity contribution in [1.82, 2.24) is 0 Å². The van der Waals surface area contributed by atoms with Gasteiger partial charge in [0.05, 0.1) is 0 Å². The van der Waals surface area contributed by atoms with Gasteiger partial charge < -0.3 is 9.32 Å². The van der Waals surface area contributed by atoms with Crippen LogP contribution >= 0.6 is 11.3 Å². The van der Waals surface area contributed by atoms with Gasteiger partial charge in [-0.25, -0.2) is 0 Å². The lowest BCUT2D eigenvalue weighted by Crippen LogP contribution is -2.09. The number of fused-ring (bicyclic) bond motifs is 7. The van der Waals surface area contributed by atoms with Crippen molar-refractivity contribution in [3.05, 3.63) is 224 Å². The summed E-state index contributed by atoms with van der Waals surface area (Å²) < 4.78 is 9.07. The quantitative estimate of drug-likeness (QED) is 0.160. The molecule has 0 saturated carbocycles. The lowest BCUT2D eigenvalue weighted by atomic mass is 9.95. The van der Waals surface area contributed by atoms with Gasteiger partial charge in [-0.05, 0) is 104 Å². The number of para-hydroxylation sites is 2. The molecule has 12 aromatic rings. The minimum absolute atomic E-state index is 0.906. The minimum Gasteiger partial charge on any atom is -0.455 e. The molecule has 0 atom stereocenters. The Labute approximate surface area is 357 Å². The van der Waals surface area contributed by atoms with Crippen LogP contribution in [0.25, 0.3) is 97.4 Å². The molecule has 0 radical (unpaired) electrons. The van der Waals surface area contributed by atoms with Gasteiger partial charge in [0.15, 0.2) is 0 Å². The zero-order valence-electron chi connectivity index (χ0n) is 33.1. The molecule has 10 aromatic carbocycles. The van der Waals surface area contributed by atoms with Crippen molar-refractivity contribution in [3.8, 4) is 44.5 Å². The van der Waals surface area contributed by atoms with Gasteiger partial charge in [0.1, 0.15) is 11.2 Å². The van der Waals surface area contributed by atoms with Crippen molar-refractivity contribution in [2.75, 3.05) is 4.90 Å². The largest absolute Gasteiger partial charge is 0.455 e. The fraction of sp³-hybridized carbons (Fsp3) is 0. The maximum Gasteiger partial charge on any atom is 0.143 e. The molecule has 0 saturated heterocycles. The predicted molar refractivity (Wildman–Crippen MR) is 261 cm³/mol. The number of furan rings is 1. The fourth-order valence-electron chi connectivity index (χ4n) is 9.12. The zero-order chi connectivity index (χ0) is 40.3. The van der Waals surface area contributed by atoms with Crippen LogP contribution in [0.3, 0.4) is 0 Å².